The Hall–Kier alpha value is -1.67. The Kier molecular flexibility index (Phi) is 1.88. The van der Waals surface area contributed by atoms with Crippen molar-refractivity contribution >= 4 is 0 Å². The molecular formula is C14H11FO. The molecule has 0 saturated carbocycles. The molecule has 1 N–H and O–H groups in total. The number of halogens is 1. The van der Waals surface area contributed by atoms with Crippen LogP contribution in [-0.2, 0) is 12.0 Å². The van der Waals surface area contributed by atoms with Crippen molar-refractivity contribution in [1.29, 1.82) is 0 Å². The molecule has 0 aliphatic heterocycles. The van der Waals surface area contributed by atoms with Crippen LogP contribution in [0.15, 0.2) is 48.5 Å². The van der Waals surface area contributed by atoms with Gasteiger partial charge in [0, 0.05) is 12.0 Å². The summed E-state index contributed by atoms with van der Waals surface area (Å²) in [6.07, 6.45) is 0.490. The normalized spacial score (nSPS) is 22.4. The second-order valence-corrected chi connectivity index (χ2v) is 4.18. The summed E-state index contributed by atoms with van der Waals surface area (Å²) in [7, 11) is 0. The SMILES string of the molecule is OC1(c2ccccc2)Cc2cccc(F)c21. The minimum Gasteiger partial charge on any atom is -0.380 e. The number of aliphatic hydroxyl groups is 1. The molecule has 0 amide bonds. The minimum absolute atomic E-state index is 0.324. The molecule has 80 valence electrons. The molecule has 0 aromatic heterocycles. The predicted octanol–water partition coefficient (Wildman–Crippen LogP) is 2.62. The van der Waals surface area contributed by atoms with E-state index in [9.17, 15) is 9.50 Å². The molecule has 0 fully saturated rings. The van der Waals surface area contributed by atoms with E-state index in [4.69, 9.17) is 0 Å². The van der Waals surface area contributed by atoms with Crippen LogP contribution in [0.5, 0.6) is 0 Å². The van der Waals surface area contributed by atoms with E-state index >= 15 is 0 Å². The predicted molar refractivity (Wildman–Crippen MR) is 59.5 cm³/mol. The van der Waals surface area contributed by atoms with Gasteiger partial charge < -0.3 is 5.11 Å². The number of hydrogen-bond acceptors (Lipinski definition) is 1. The molecular weight excluding hydrogens is 203 g/mol. The molecule has 1 unspecified atom stereocenters. The molecule has 0 saturated heterocycles. The lowest BCUT2D eigenvalue weighted by Gasteiger charge is -2.40. The van der Waals surface area contributed by atoms with Crippen LogP contribution >= 0.6 is 0 Å². The van der Waals surface area contributed by atoms with Crippen LogP contribution < -0.4 is 0 Å². The van der Waals surface area contributed by atoms with Crippen LogP contribution in [0.2, 0.25) is 0 Å². The summed E-state index contributed by atoms with van der Waals surface area (Å²) < 4.78 is 13.7. The van der Waals surface area contributed by atoms with E-state index in [-0.39, 0.29) is 5.82 Å². The summed E-state index contributed by atoms with van der Waals surface area (Å²) in [5.41, 5.74) is 0.947. The lowest BCUT2D eigenvalue weighted by atomic mass is 9.69. The molecule has 1 aliphatic rings. The zero-order chi connectivity index (χ0) is 11.2. The molecule has 1 aliphatic carbocycles. The molecule has 0 spiro atoms. The van der Waals surface area contributed by atoms with Gasteiger partial charge in [-0.05, 0) is 17.2 Å². The molecule has 2 aromatic carbocycles. The fourth-order valence-electron chi connectivity index (χ4n) is 2.40. The van der Waals surface area contributed by atoms with Crippen LogP contribution in [0.3, 0.4) is 0 Å². The highest BCUT2D eigenvalue weighted by Crippen LogP contribution is 2.45. The average molecular weight is 214 g/mol. The van der Waals surface area contributed by atoms with E-state index in [1.165, 1.54) is 6.07 Å². The largest absolute Gasteiger partial charge is 0.380 e. The first kappa shape index (κ1) is 9.55. The number of fused-ring (bicyclic) bond motifs is 1. The first-order valence-electron chi connectivity index (χ1n) is 5.27. The van der Waals surface area contributed by atoms with Gasteiger partial charge in [-0.15, -0.1) is 0 Å². The van der Waals surface area contributed by atoms with Gasteiger partial charge in [0.2, 0.25) is 0 Å². The monoisotopic (exact) mass is 214 g/mol. The molecule has 0 heterocycles. The zero-order valence-corrected chi connectivity index (χ0v) is 8.65. The highest BCUT2D eigenvalue weighted by atomic mass is 19.1. The summed E-state index contributed by atoms with van der Waals surface area (Å²) >= 11 is 0. The van der Waals surface area contributed by atoms with Crippen LogP contribution in [-0.4, -0.2) is 5.11 Å². The highest BCUT2D eigenvalue weighted by Gasteiger charge is 2.44. The molecule has 1 nitrogen and oxygen atoms in total. The van der Waals surface area contributed by atoms with E-state index in [1.54, 1.807) is 6.07 Å². The van der Waals surface area contributed by atoms with Gasteiger partial charge in [0.05, 0.1) is 0 Å². The molecule has 2 aromatic rings. The van der Waals surface area contributed by atoms with Crippen molar-refractivity contribution in [1.82, 2.24) is 0 Å². The number of rotatable bonds is 1. The standard InChI is InChI=1S/C14H11FO/c15-12-8-4-5-10-9-14(16,13(10)12)11-6-2-1-3-7-11/h1-8,16H,9H2. The second-order valence-electron chi connectivity index (χ2n) is 4.18. The zero-order valence-electron chi connectivity index (χ0n) is 8.65. The van der Waals surface area contributed by atoms with Crippen LogP contribution in [0.25, 0.3) is 0 Å². The van der Waals surface area contributed by atoms with Crippen molar-refractivity contribution in [3.8, 4) is 0 Å². The summed E-state index contributed by atoms with van der Waals surface area (Å²) in [6.45, 7) is 0. The smallest absolute Gasteiger partial charge is 0.129 e. The van der Waals surface area contributed by atoms with Crippen LogP contribution in [0.4, 0.5) is 4.39 Å². The van der Waals surface area contributed by atoms with Gasteiger partial charge in [-0.25, -0.2) is 4.39 Å². The fraction of sp³-hybridized carbons (Fsp3) is 0.143. The summed E-state index contributed by atoms with van der Waals surface area (Å²) in [6, 6.07) is 14.2. The van der Waals surface area contributed by atoms with E-state index in [1.807, 2.05) is 36.4 Å². The van der Waals surface area contributed by atoms with E-state index in [0.717, 1.165) is 11.1 Å². The van der Waals surface area contributed by atoms with Crippen molar-refractivity contribution in [3.63, 3.8) is 0 Å². The first-order valence-corrected chi connectivity index (χ1v) is 5.27. The Balaban J connectivity index is 2.15. The Morgan fingerprint density at radius 2 is 1.75 bits per heavy atom. The first-order chi connectivity index (χ1) is 7.72. The lowest BCUT2D eigenvalue weighted by Crippen LogP contribution is -2.40. The third-order valence-corrected chi connectivity index (χ3v) is 3.21. The molecule has 1 atom stereocenters. The van der Waals surface area contributed by atoms with Gasteiger partial charge >= 0.3 is 0 Å². The highest BCUT2D eigenvalue weighted by molar-refractivity contribution is 5.51. The van der Waals surface area contributed by atoms with Gasteiger partial charge in [0.15, 0.2) is 0 Å². The Morgan fingerprint density at radius 3 is 2.44 bits per heavy atom. The van der Waals surface area contributed by atoms with Crippen molar-refractivity contribution in [3.05, 3.63) is 71.0 Å². The quantitative estimate of drug-likeness (QED) is 0.773. The Labute approximate surface area is 93.2 Å². The minimum atomic E-state index is -1.14. The van der Waals surface area contributed by atoms with Gasteiger partial charge in [0.1, 0.15) is 11.4 Å². The number of hydrogen-bond donors (Lipinski definition) is 1. The topological polar surface area (TPSA) is 20.2 Å². The third kappa shape index (κ3) is 1.14. The molecule has 3 rings (SSSR count). The maximum Gasteiger partial charge on any atom is 0.129 e. The molecule has 0 radical (unpaired) electrons. The molecule has 2 heteroatoms. The Bertz CT molecular complexity index is 521. The van der Waals surface area contributed by atoms with Gasteiger partial charge in [-0.1, -0.05) is 42.5 Å². The maximum absolute atomic E-state index is 13.7. The average Bonchev–Trinajstić information content (AvgIpc) is 2.28. The number of benzene rings is 2. The van der Waals surface area contributed by atoms with Crippen molar-refractivity contribution in [2.45, 2.75) is 12.0 Å². The van der Waals surface area contributed by atoms with E-state index < -0.39 is 5.60 Å². The molecule has 0 bridgehead atoms. The summed E-state index contributed by atoms with van der Waals surface area (Å²) in [5, 5.41) is 10.5. The van der Waals surface area contributed by atoms with Crippen LogP contribution in [0, 0.1) is 5.82 Å². The van der Waals surface area contributed by atoms with Gasteiger partial charge in [-0.2, -0.15) is 0 Å². The van der Waals surface area contributed by atoms with Crippen molar-refractivity contribution < 1.29 is 9.50 Å². The van der Waals surface area contributed by atoms with Gasteiger partial charge in [0.25, 0.3) is 0 Å². The van der Waals surface area contributed by atoms with E-state index in [0.29, 0.717) is 12.0 Å². The third-order valence-electron chi connectivity index (χ3n) is 3.21. The fourth-order valence-corrected chi connectivity index (χ4v) is 2.40. The maximum atomic E-state index is 13.7. The van der Waals surface area contributed by atoms with Crippen LogP contribution in [0.1, 0.15) is 16.7 Å². The lowest BCUT2D eigenvalue weighted by molar-refractivity contribution is 0.0515. The van der Waals surface area contributed by atoms with E-state index in [2.05, 4.69) is 0 Å². The van der Waals surface area contributed by atoms with Crippen molar-refractivity contribution in [2.75, 3.05) is 0 Å². The molecule has 16 heavy (non-hydrogen) atoms. The summed E-state index contributed by atoms with van der Waals surface area (Å²) in [5.74, 6) is -0.324. The van der Waals surface area contributed by atoms with Gasteiger partial charge in [-0.3, -0.25) is 0 Å². The Morgan fingerprint density at radius 1 is 1.00 bits per heavy atom. The van der Waals surface area contributed by atoms with Crippen molar-refractivity contribution in [2.24, 2.45) is 0 Å². The summed E-state index contributed by atoms with van der Waals surface area (Å²) in [4.78, 5) is 0. The second kappa shape index (κ2) is 3.16.